The molecule has 0 fully saturated rings. The molecule has 2 aromatic carbocycles. The van der Waals surface area contributed by atoms with Gasteiger partial charge in [-0.15, -0.1) is 0 Å². The monoisotopic (exact) mass is 335 g/mol. The number of benzene rings is 2. The van der Waals surface area contributed by atoms with Gasteiger partial charge < -0.3 is 19.5 Å². The van der Waals surface area contributed by atoms with Gasteiger partial charge in [0.1, 0.15) is 6.07 Å². The van der Waals surface area contributed by atoms with Crippen LogP contribution in [-0.4, -0.2) is 26.3 Å². The normalized spacial score (nSPS) is 10.2. The Morgan fingerprint density at radius 3 is 2.28 bits per heavy atom. The van der Waals surface area contributed by atoms with E-state index in [1.165, 1.54) is 0 Å². The average molecular weight is 335 g/mol. The van der Waals surface area contributed by atoms with Gasteiger partial charge in [-0.1, -0.05) is 18.2 Å². The predicted molar refractivity (Wildman–Crippen MR) is 95.8 cm³/mol. The van der Waals surface area contributed by atoms with Gasteiger partial charge in [0.2, 0.25) is 5.75 Å². The van der Waals surface area contributed by atoms with Crippen LogP contribution < -0.4 is 19.5 Å². The number of rotatable bonds is 5. The fraction of sp³-hybridized carbons (Fsp3) is 0.158. The van der Waals surface area contributed by atoms with Gasteiger partial charge in [0, 0.05) is 29.4 Å². The van der Waals surface area contributed by atoms with E-state index in [0.29, 0.717) is 34.2 Å². The van der Waals surface area contributed by atoms with Crippen molar-refractivity contribution in [2.45, 2.75) is 0 Å². The highest BCUT2D eigenvalue weighted by Crippen LogP contribution is 2.41. The number of pyridine rings is 1. The number of nitrogens with zero attached hydrogens (tertiary/aromatic N) is 2. The zero-order chi connectivity index (χ0) is 17.8. The largest absolute Gasteiger partial charge is 0.493 e. The van der Waals surface area contributed by atoms with Crippen molar-refractivity contribution in [2.24, 2.45) is 0 Å². The van der Waals surface area contributed by atoms with Crippen molar-refractivity contribution >= 4 is 22.3 Å². The summed E-state index contributed by atoms with van der Waals surface area (Å²) >= 11 is 0. The second kappa shape index (κ2) is 6.97. The summed E-state index contributed by atoms with van der Waals surface area (Å²) in [6.45, 7) is 0. The van der Waals surface area contributed by atoms with E-state index in [-0.39, 0.29) is 0 Å². The van der Waals surface area contributed by atoms with Gasteiger partial charge in [0.05, 0.1) is 38.1 Å². The van der Waals surface area contributed by atoms with Crippen LogP contribution in [0.15, 0.2) is 42.6 Å². The van der Waals surface area contributed by atoms with Crippen molar-refractivity contribution in [2.75, 3.05) is 26.6 Å². The first-order valence-electron chi connectivity index (χ1n) is 7.56. The van der Waals surface area contributed by atoms with E-state index < -0.39 is 0 Å². The van der Waals surface area contributed by atoms with Crippen LogP contribution in [0.25, 0.3) is 10.9 Å². The van der Waals surface area contributed by atoms with Gasteiger partial charge in [0.25, 0.3) is 0 Å². The molecule has 3 rings (SSSR count). The van der Waals surface area contributed by atoms with Gasteiger partial charge in [-0.05, 0) is 6.07 Å². The van der Waals surface area contributed by atoms with Crippen molar-refractivity contribution in [1.82, 2.24) is 4.98 Å². The van der Waals surface area contributed by atoms with Crippen LogP contribution in [0.1, 0.15) is 5.56 Å². The molecule has 0 unspecified atom stereocenters. The number of nitriles is 1. The highest BCUT2D eigenvalue weighted by molar-refractivity contribution is 5.95. The molecule has 1 N–H and O–H groups in total. The topological polar surface area (TPSA) is 76.4 Å². The molecule has 25 heavy (non-hydrogen) atoms. The second-order valence-corrected chi connectivity index (χ2v) is 5.21. The highest BCUT2D eigenvalue weighted by Gasteiger charge is 2.15. The minimum Gasteiger partial charge on any atom is -0.493 e. The number of hydrogen-bond acceptors (Lipinski definition) is 6. The van der Waals surface area contributed by atoms with Gasteiger partial charge in [-0.2, -0.15) is 5.26 Å². The highest BCUT2D eigenvalue weighted by atomic mass is 16.5. The maximum Gasteiger partial charge on any atom is 0.203 e. The molecule has 0 spiro atoms. The summed E-state index contributed by atoms with van der Waals surface area (Å²) in [4.78, 5) is 4.32. The van der Waals surface area contributed by atoms with Crippen molar-refractivity contribution in [1.29, 1.82) is 5.26 Å². The molecule has 0 saturated carbocycles. The predicted octanol–water partition coefficient (Wildman–Crippen LogP) is 3.88. The first-order chi connectivity index (χ1) is 12.2. The Morgan fingerprint density at radius 2 is 1.68 bits per heavy atom. The van der Waals surface area contributed by atoms with Crippen molar-refractivity contribution in [3.8, 4) is 23.3 Å². The Kier molecular flexibility index (Phi) is 4.57. The molecule has 0 aliphatic rings. The second-order valence-electron chi connectivity index (χ2n) is 5.21. The van der Waals surface area contributed by atoms with Crippen molar-refractivity contribution < 1.29 is 14.2 Å². The molecule has 0 amide bonds. The lowest BCUT2D eigenvalue weighted by atomic mass is 10.1. The molecular weight excluding hydrogens is 318 g/mol. The molecule has 0 aliphatic carbocycles. The molecule has 0 bridgehead atoms. The third-order valence-electron chi connectivity index (χ3n) is 3.83. The maximum atomic E-state index is 9.44. The lowest BCUT2D eigenvalue weighted by Gasteiger charge is -2.16. The van der Waals surface area contributed by atoms with Crippen LogP contribution in [0.2, 0.25) is 0 Å². The summed E-state index contributed by atoms with van der Waals surface area (Å²) in [6.07, 6.45) is 1.56. The van der Waals surface area contributed by atoms with E-state index in [1.807, 2.05) is 24.3 Å². The summed E-state index contributed by atoms with van der Waals surface area (Å²) in [5.74, 6) is 1.57. The zero-order valence-corrected chi connectivity index (χ0v) is 14.2. The molecular formula is C19H17N3O3. The lowest BCUT2D eigenvalue weighted by Crippen LogP contribution is -2.00. The smallest absolute Gasteiger partial charge is 0.203 e. The maximum absolute atomic E-state index is 9.44. The van der Waals surface area contributed by atoms with Crippen LogP contribution in [0.4, 0.5) is 11.4 Å². The molecule has 0 radical (unpaired) electrons. The van der Waals surface area contributed by atoms with Crippen molar-refractivity contribution in [3.05, 3.63) is 48.2 Å². The zero-order valence-electron chi connectivity index (χ0n) is 14.2. The molecule has 1 heterocycles. The number of para-hydroxylation sites is 1. The number of ether oxygens (including phenoxy) is 3. The Balaban J connectivity index is 2.15. The number of methoxy groups -OCH3 is 3. The summed E-state index contributed by atoms with van der Waals surface area (Å²) in [5, 5.41) is 13.6. The Morgan fingerprint density at radius 1 is 1.00 bits per heavy atom. The molecule has 0 aliphatic heterocycles. The first kappa shape index (κ1) is 16.4. The number of fused-ring (bicyclic) bond motifs is 1. The van der Waals surface area contributed by atoms with Gasteiger partial charge in [0.15, 0.2) is 11.5 Å². The van der Waals surface area contributed by atoms with Crippen LogP contribution in [0.3, 0.4) is 0 Å². The molecule has 3 aromatic rings. The average Bonchev–Trinajstić information content (AvgIpc) is 2.67. The molecule has 0 saturated heterocycles. The fourth-order valence-electron chi connectivity index (χ4n) is 2.66. The summed E-state index contributed by atoms with van der Waals surface area (Å²) < 4.78 is 16.1. The minimum absolute atomic E-state index is 0.451. The Labute approximate surface area is 145 Å². The van der Waals surface area contributed by atoms with Crippen LogP contribution >= 0.6 is 0 Å². The van der Waals surface area contributed by atoms with Gasteiger partial charge in [-0.25, -0.2) is 0 Å². The van der Waals surface area contributed by atoms with E-state index in [9.17, 15) is 5.26 Å². The Bertz CT molecular complexity index is 939. The molecule has 0 atom stereocenters. The molecule has 1 aromatic heterocycles. The quantitative estimate of drug-likeness (QED) is 0.762. The van der Waals surface area contributed by atoms with E-state index in [0.717, 1.165) is 10.9 Å². The fourth-order valence-corrected chi connectivity index (χ4v) is 2.66. The minimum atomic E-state index is 0.451. The SMILES string of the molecule is COc1cc(Nc2c(C#N)cnc3ccccc23)cc(OC)c1OC. The third kappa shape index (κ3) is 3.00. The summed E-state index contributed by atoms with van der Waals surface area (Å²) in [5.41, 5.74) is 2.65. The van der Waals surface area contributed by atoms with E-state index in [2.05, 4.69) is 16.4 Å². The van der Waals surface area contributed by atoms with Gasteiger partial charge >= 0.3 is 0 Å². The van der Waals surface area contributed by atoms with Crippen molar-refractivity contribution in [3.63, 3.8) is 0 Å². The molecule has 126 valence electrons. The Hall–Kier alpha value is -3.46. The van der Waals surface area contributed by atoms with Gasteiger partial charge in [-0.3, -0.25) is 4.98 Å². The number of hydrogen-bond donors (Lipinski definition) is 1. The number of aromatic nitrogens is 1. The number of nitrogens with one attached hydrogen (secondary N) is 1. The molecule has 6 heteroatoms. The van der Waals surface area contributed by atoms with E-state index in [4.69, 9.17) is 14.2 Å². The number of anilines is 2. The van der Waals surface area contributed by atoms with Crippen LogP contribution in [0.5, 0.6) is 17.2 Å². The standard InChI is InChI=1S/C19H17N3O3/c1-23-16-8-13(9-17(24-2)19(16)25-3)22-18-12(10-20)11-21-15-7-5-4-6-14(15)18/h4-9,11H,1-3H3,(H,21,22). The van der Waals surface area contributed by atoms with E-state index >= 15 is 0 Å². The lowest BCUT2D eigenvalue weighted by molar-refractivity contribution is 0.324. The van der Waals surface area contributed by atoms with E-state index in [1.54, 1.807) is 39.7 Å². The molecule has 6 nitrogen and oxygen atoms in total. The summed E-state index contributed by atoms with van der Waals surface area (Å²) in [7, 11) is 4.67. The van der Waals surface area contributed by atoms with Crippen LogP contribution in [0, 0.1) is 11.3 Å². The van der Waals surface area contributed by atoms with Crippen LogP contribution in [-0.2, 0) is 0 Å². The summed E-state index contributed by atoms with van der Waals surface area (Å²) in [6, 6.07) is 13.4. The first-order valence-corrected chi connectivity index (χ1v) is 7.56. The third-order valence-corrected chi connectivity index (χ3v) is 3.83.